The first-order chi connectivity index (χ1) is 10.9. The van der Waals surface area contributed by atoms with E-state index < -0.39 is 33.9 Å². The van der Waals surface area contributed by atoms with Crippen LogP contribution >= 0.6 is 11.8 Å². The number of hydrogen-bond donors (Lipinski definition) is 1. The summed E-state index contributed by atoms with van der Waals surface area (Å²) in [7, 11) is -3.05. The van der Waals surface area contributed by atoms with E-state index >= 15 is 0 Å². The number of nitrogens with one attached hydrogen (secondary N) is 1. The highest BCUT2D eigenvalue weighted by Gasteiger charge is 2.30. The molecule has 0 aromatic heterocycles. The second kappa shape index (κ2) is 7.83. The Kier molecular flexibility index (Phi) is 6.06. The van der Waals surface area contributed by atoms with Gasteiger partial charge in [-0.15, -0.1) is 11.8 Å². The zero-order chi connectivity index (χ0) is 16.9. The van der Waals surface area contributed by atoms with Gasteiger partial charge in [-0.2, -0.15) is 0 Å². The summed E-state index contributed by atoms with van der Waals surface area (Å²) in [6.45, 7) is 1.48. The summed E-state index contributed by atoms with van der Waals surface area (Å²) in [6, 6.07) is 9.01. The molecule has 1 aliphatic heterocycles. The van der Waals surface area contributed by atoms with Crippen molar-refractivity contribution in [3.8, 4) is 0 Å². The summed E-state index contributed by atoms with van der Waals surface area (Å²) in [6.07, 6.45) is -0.541. The van der Waals surface area contributed by atoms with Gasteiger partial charge >= 0.3 is 5.97 Å². The van der Waals surface area contributed by atoms with E-state index in [1.807, 2.05) is 30.3 Å². The van der Waals surface area contributed by atoms with E-state index in [1.54, 1.807) is 0 Å². The van der Waals surface area contributed by atoms with Crippen molar-refractivity contribution in [1.82, 2.24) is 5.32 Å². The number of esters is 1. The van der Waals surface area contributed by atoms with E-state index in [-0.39, 0.29) is 17.3 Å². The number of amides is 1. The Morgan fingerprint density at radius 3 is 2.65 bits per heavy atom. The highest BCUT2D eigenvalue weighted by molar-refractivity contribution is 8.00. The number of thioether (sulfide) groups is 1. The maximum absolute atomic E-state index is 11.9. The largest absolute Gasteiger partial charge is 0.452 e. The standard InChI is InChI=1S/C15H19NO5S2/c1-11(15(18)16-12-7-8-23(19,20)10-12)21-14(17)9-22-13-5-3-2-4-6-13/h2-6,11-12H,7-10H2,1H3,(H,16,18)/t11-,12-/m1/s1. The number of hydrogen-bond acceptors (Lipinski definition) is 6. The quantitative estimate of drug-likeness (QED) is 0.604. The SMILES string of the molecule is C[C@@H](OC(=O)CSc1ccccc1)C(=O)N[C@@H]1CCS(=O)(=O)C1. The maximum Gasteiger partial charge on any atom is 0.317 e. The van der Waals surface area contributed by atoms with Crippen molar-refractivity contribution < 1.29 is 22.7 Å². The zero-order valence-electron chi connectivity index (χ0n) is 12.7. The van der Waals surface area contributed by atoms with Crippen molar-refractivity contribution in [2.45, 2.75) is 30.4 Å². The maximum atomic E-state index is 11.9. The van der Waals surface area contributed by atoms with Gasteiger partial charge < -0.3 is 10.1 Å². The normalized spacial score (nSPS) is 20.7. The van der Waals surface area contributed by atoms with Gasteiger partial charge in [-0.3, -0.25) is 9.59 Å². The van der Waals surface area contributed by atoms with Gasteiger partial charge in [0.2, 0.25) is 0 Å². The second-order valence-electron chi connectivity index (χ2n) is 5.34. The van der Waals surface area contributed by atoms with E-state index in [0.717, 1.165) is 4.90 Å². The van der Waals surface area contributed by atoms with Crippen LogP contribution in [0.2, 0.25) is 0 Å². The Morgan fingerprint density at radius 2 is 2.04 bits per heavy atom. The summed E-state index contributed by atoms with van der Waals surface area (Å²) in [5, 5.41) is 2.61. The molecule has 1 heterocycles. The molecule has 0 unspecified atom stereocenters. The van der Waals surface area contributed by atoms with Crippen LogP contribution in [0.15, 0.2) is 35.2 Å². The molecule has 1 N–H and O–H groups in total. The van der Waals surface area contributed by atoms with Gasteiger partial charge in [-0.1, -0.05) is 18.2 Å². The molecule has 1 amide bonds. The van der Waals surface area contributed by atoms with Crippen molar-refractivity contribution in [1.29, 1.82) is 0 Å². The number of rotatable bonds is 6. The minimum absolute atomic E-state index is 0.0523. The topological polar surface area (TPSA) is 89.5 Å². The fourth-order valence-corrected chi connectivity index (χ4v) is 4.55. The molecule has 126 valence electrons. The van der Waals surface area contributed by atoms with Crippen LogP contribution in [-0.2, 0) is 24.2 Å². The van der Waals surface area contributed by atoms with Crippen LogP contribution in [0.25, 0.3) is 0 Å². The third kappa shape index (κ3) is 5.87. The fraction of sp³-hybridized carbons (Fsp3) is 0.467. The first-order valence-electron chi connectivity index (χ1n) is 7.24. The van der Waals surface area contributed by atoms with Crippen molar-refractivity contribution in [3.63, 3.8) is 0 Å². The Hall–Kier alpha value is -1.54. The minimum Gasteiger partial charge on any atom is -0.452 e. The molecule has 0 spiro atoms. The average molecular weight is 357 g/mol. The number of sulfone groups is 1. The van der Waals surface area contributed by atoms with E-state index in [1.165, 1.54) is 18.7 Å². The molecule has 23 heavy (non-hydrogen) atoms. The molecular weight excluding hydrogens is 338 g/mol. The van der Waals surface area contributed by atoms with Crippen LogP contribution in [0.1, 0.15) is 13.3 Å². The molecule has 0 bridgehead atoms. The van der Waals surface area contributed by atoms with Gasteiger partial charge in [-0.25, -0.2) is 8.42 Å². The van der Waals surface area contributed by atoms with Crippen LogP contribution in [0, 0.1) is 0 Å². The summed E-state index contributed by atoms with van der Waals surface area (Å²) in [5.74, 6) is -0.812. The van der Waals surface area contributed by atoms with Crippen molar-refractivity contribution in [2.75, 3.05) is 17.3 Å². The van der Waals surface area contributed by atoms with Crippen LogP contribution in [-0.4, -0.2) is 49.7 Å². The summed E-state index contributed by atoms with van der Waals surface area (Å²) >= 11 is 1.33. The number of carbonyl (C=O) groups is 2. The Labute approximate surface area is 139 Å². The number of ether oxygens (including phenoxy) is 1. The zero-order valence-corrected chi connectivity index (χ0v) is 14.4. The first-order valence-corrected chi connectivity index (χ1v) is 10.0. The molecule has 6 nitrogen and oxygen atoms in total. The lowest BCUT2D eigenvalue weighted by Gasteiger charge is -2.16. The van der Waals surface area contributed by atoms with Gasteiger partial charge in [0.1, 0.15) is 0 Å². The predicted octanol–water partition coefficient (Wildman–Crippen LogP) is 1.01. The van der Waals surface area contributed by atoms with E-state index in [4.69, 9.17) is 4.74 Å². The molecule has 1 aromatic rings. The lowest BCUT2D eigenvalue weighted by Crippen LogP contribution is -2.42. The molecule has 0 aliphatic carbocycles. The van der Waals surface area contributed by atoms with E-state index in [9.17, 15) is 18.0 Å². The van der Waals surface area contributed by atoms with Gasteiger partial charge in [0, 0.05) is 10.9 Å². The smallest absolute Gasteiger partial charge is 0.317 e. The predicted molar refractivity (Wildman–Crippen MR) is 87.9 cm³/mol. The van der Waals surface area contributed by atoms with Crippen molar-refractivity contribution in [2.24, 2.45) is 0 Å². The third-order valence-corrected chi connectivity index (χ3v) is 6.11. The van der Waals surface area contributed by atoms with Crippen LogP contribution in [0.3, 0.4) is 0 Å². The van der Waals surface area contributed by atoms with Gasteiger partial charge in [0.25, 0.3) is 5.91 Å². The molecule has 1 fully saturated rings. The Balaban J connectivity index is 1.73. The van der Waals surface area contributed by atoms with Crippen LogP contribution in [0.4, 0.5) is 0 Å². The molecular formula is C15H19NO5S2. The van der Waals surface area contributed by atoms with E-state index in [2.05, 4.69) is 5.32 Å². The molecule has 1 aliphatic rings. The van der Waals surface area contributed by atoms with Gasteiger partial charge in [-0.05, 0) is 25.5 Å². The van der Waals surface area contributed by atoms with Gasteiger partial charge in [0.05, 0.1) is 17.3 Å². The molecule has 0 saturated carbocycles. The first kappa shape index (κ1) is 17.8. The molecule has 8 heteroatoms. The second-order valence-corrected chi connectivity index (χ2v) is 8.62. The van der Waals surface area contributed by atoms with Crippen molar-refractivity contribution in [3.05, 3.63) is 30.3 Å². The van der Waals surface area contributed by atoms with Crippen molar-refractivity contribution >= 4 is 33.5 Å². The number of carbonyl (C=O) groups excluding carboxylic acids is 2. The average Bonchev–Trinajstić information content (AvgIpc) is 2.85. The number of benzene rings is 1. The Bertz CT molecular complexity index is 660. The fourth-order valence-electron chi connectivity index (χ4n) is 2.17. The lowest BCUT2D eigenvalue weighted by molar-refractivity contribution is -0.152. The monoisotopic (exact) mass is 357 g/mol. The summed E-state index contributed by atoms with van der Waals surface area (Å²) in [5.41, 5.74) is 0. The molecule has 2 atom stereocenters. The summed E-state index contributed by atoms with van der Waals surface area (Å²) < 4.78 is 27.8. The van der Waals surface area contributed by atoms with Gasteiger partial charge in [0.15, 0.2) is 15.9 Å². The lowest BCUT2D eigenvalue weighted by atomic mass is 10.2. The third-order valence-electron chi connectivity index (χ3n) is 3.36. The summed E-state index contributed by atoms with van der Waals surface area (Å²) in [4.78, 5) is 24.6. The van der Waals surface area contributed by atoms with Crippen LogP contribution < -0.4 is 5.32 Å². The minimum atomic E-state index is -3.05. The Morgan fingerprint density at radius 1 is 1.35 bits per heavy atom. The molecule has 1 saturated heterocycles. The molecule has 2 rings (SSSR count). The van der Waals surface area contributed by atoms with E-state index in [0.29, 0.717) is 6.42 Å². The van der Waals surface area contributed by atoms with Crippen LogP contribution in [0.5, 0.6) is 0 Å². The molecule has 0 radical (unpaired) electrons. The highest BCUT2D eigenvalue weighted by atomic mass is 32.2. The molecule has 1 aromatic carbocycles. The highest BCUT2D eigenvalue weighted by Crippen LogP contribution is 2.17.